The number of nitro groups is 1. The van der Waals surface area contributed by atoms with Crippen molar-refractivity contribution in [3.8, 4) is 0 Å². The van der Waals surface area contributed by atoms with E-state index in [1.165, 1.54) is 4.68 Å². The Kier molecular flexibility index (Phi) is 5.97. The molecule has 1 aromatic carbocycles. The average molecular weight is 417 g/mol. The first-order valence-electron chi connectivity index (χ1n) is 9.02. The molecular weight excluding hydrogens is 396 g/mol. The number of carbonyl (C=O) groups is 1. The van der Waals surface area contributed by atoms with Crippen LogP contribution in [0.5, 0.6) is 0 Å². The van der Waals surface area contributed by atoms with Gasteiger partial charge in [-0.15, -0.1) is 0 Å². The third-order valence-corrected chi connectivity index (χ3v) is 4.84. The smallest absolute Gasteiger partial charge is 0.308 e. The van der Waals surface area contributed by atoms with Crippen molar-refractivity contribution in [1.29, 1.82) is 0 Å². The first kappa shape index (κ1) is 20.5. The zero-order valence-corrected chi connectivity index (χ0v) is 17.1. The molecule has 0 bridgehead atoms. The Balaban J connectivity index is 1.67. The van der Waals surface area contributed by atoms with Crippen LogP contribution in [0.3, 0.4) is 0 Å². The van der Waals surface area contributed by atoms with Crippen molar-refractivity contribution in [3.63, 3.8) is 0 Å². The van der Waals surface area contributed by atoms with E-state index in [1.807, 2.05) is 30.3 Å². The van der Waals surface area contributed by atoms with Crippen molar-refractivity contribution in [2.24, 2.45) is 5.92 Å². The second-order valence-corrected chi connectivity index (χ2v) is 7.26. The van der Waals surface area contributed by atoms with E-state index >= 15 is 0 Å². The molecule has 1 unspecified atom stereocenters. The number of hydrogen-bond acceptors (Lipinski definition) is 5. The van der Waals surface area contributed by atoms with Crippen LogP contribution in [0, 0.1) is 29.9 Å². The SMILES string of the molecule is Cc1nn(CC(C)C(=O)Nc2nn(Cc3ccccc3)cc2Cl)c(C)c1[N+](=O)[O-]. The topological polar surface area (TPSA) is 108 Å². The van der Waals surface area contributed by atoms with E-state index in [0.717, 1.165) is 5.56 Å². The van der Waals surface area contributed by atoms with Crippen LogP contribution in [0.4, 0.5) is 11.5 Å². The highest BCUT2D eigenvalue weighted by Crippen LogP contribution is 2.24. The minimum absolute atomic E-state index is 0.0275. The van der Waals surface area contributed by atoms with Crippen molar-refractivity contribution in [3.05, 3.63) is 68.6 Å². The normalized spacial score (nSPS) is 12.0. The second-order valence-electron chi connectivity index (χ2n) is 6.86. The monoisotopic (exact) mass is 416 g/mol. The lowest BCUT2D eigenvalue weighted by Crippen LogP contribution is -2.25. The highest BCUT2D eigenvalue weighted by molar-refractivity contribution is 6.33. The number of aryl methyl sites for hydroxylation is 1. The molecular formula is C19H21ClN6O3. The van der Waals surface area contributed by atoms with Gasteiger partial charge in [0.05, 0.1) is 23.9 Å². The van der Waals surface area contributed by atoms with Gasteiger partial charge in [-0.05, 0) is 19.4 Å². The molecule has 0 fully saturated rings. The Labute approximate surface area is 172 Å². The van der Waals surface area contributed by atoms with Gasteiger partial charge in [-0.2, -0.15) is 10.2 Å². The molecule has 0 saturated carbocycles. The van der Waals surface area contributed by atoms with Crippen LogP contribution in [0.15, 0.2) is 36.5 Å². The lowest BCUT2D eigenvalue weighted by Gasteiger charge is -2.12. The number of benzene rings is 1. The van der Waals surface area contributed by atoms with Gasteiger partial charge in [0, 0.05) is 6.20 Å². The molecule has 0 spiro atoms. The molecule has 10 heteroatoms. The zero-order chi connectivity index (χ0) is 21.1. The van der Waals surface area contributed by atoms with E-state index in [-0.39, 0.29) is 24.0 Å². The predicted octanol–water partition coefficient (Wildman–Crippen LogP) is 3.58. The Morgan fingerprint density at radius 1 is 1.28 bits per heavy atom. The summed E-state index contributed by atoms with van der Waals surface area (Å²) in [6, 6.07) is 9.76. The summed E-state index contributed by atoms with van der Waals surface area (Å²) >= 11 is 6.21. The fourth-order valence-electron chi connectivity index (χ4n) is 3.04. The third kappa shape index (κ3) is 4.62. The van der Waals surface area contributed by atoms with Gasteiger partial charge in [-0.3, -0.25) is 24.3 Å². The second kappa shape index (κ2) is 8.44. The summed E-state index contributed by atoms with van der Waals surface area (Å²) in [7, 11) is 0. The van der Waals surface area contributed by atoms with Crippen molar-refractivity contribution in [2.45, 2.75) is 33.9 Å². The molecule has 1 N–H and O–H groups in total. The lowest BCUT2D eigenvalue weighted by atomic mass is 10.1. The molecule has 2 aromatic heterocycles. The summed E-state index contributed by atoms with van der Waals surface area (Å²) in [6.07, 6.45) is 1.65. The van der Waals surface area contributed by atoms with Gasteiger partial charge < -0.3 is 5.32 Å². The molecule has 0 aliphatic rings. The number of nitrogens with zero attached hydrogens (tertiary/aromatic N) is 5. The molecule has 3 aromatic rings. The number of anilines is 1. The predicted molar refractivity (Wildman–Crippen MR) is 109 cm³/mol. The Bertz CT molecular complexity index is 1040. The number of rotatable bonds is 7. The maximum atomic E-state index is 12.6. The van der Waals surface area contributed by atoms with E-state index in [9.17, 15) is 14.9 Å². The zero-order valence-electron chi connectivity index (χ0n) is 16.3. The number of halogens is 1. The van der Waals surface area contributed by atoms with E-state index in [2.05, 4.69) is 15.5 Å². The van der Waals surface area contributed by atoms with E-state index < -0.39 is 10.8 Å². The molecule has 0 saturated heterocycles. The van der Waals surface area contributed by atoms with Crippen LogP contribution in [-0.4, -0.2) is 30.4 Å². The first-order chi connectivity index (χ1) is 13.8. The van der Waals surface area contributed by atoms with Gasteiger partial charge in [-0.1, -0.05) is 48.9 Å². The number of hydrogen-bond donors (Lipinski definition) is 1. The fourth-order valence-corrected chi connectivity index (χ4v) is 3.24. The highest BCUT2D eigenvalue weighted by atomic mass is 35.5. The quantitative estimate of drug-likeness (QED) is 0.467. The van der Waals surface area contributed by atoms with Crippen molar-refractivity contribution >= 4 is 29.0 Å². The average Bonchev–Trinajstić information content (AvgIpc) is 3.14. The van der Waals surface area contributed by atoms with Crippen LogP contribution in [0.2, 0.25) is 5.02 Å². The Hall–Kier alpha value is -3.20. The van der Waals surface area contributed by atoms with Crippen molar-refractivity contribution < 1.29 is 9.72 Å². The van der Waals surface area contributed by atoms with Crippen LogP contribution in [-0.2, 0) is 17.9 Å². The maximum absolute atomic E-state index is 12.6. The van der Waals surface area contributed by atoms with E-state index in [0.29, 0.717) is 23.0 Å². The fraction of sp³-hybridized carbons (Fsp3) is 0.316. The van der Waals surface area contributed by atoms with E-state index in [1.54, 1.807) is 31.6 Å². The number of nitrogens with one attached hydrogen (secondary N) is 1. The van der Waals surface area contributed by atoms with Crippen molar-refractivity contribution in [2.75, 3.05) is 5.32 Å². The number of aromatic nitrogens is 4. The first-order valence-corrected chi connectivity index (χ1v) is 9.40. The van der Waals surface area contributed by atoms with Gasteiger partial charge in [0.1, 0.15) is 16.4 Å². The summed E-state index contributed by atoms with van der Waals surface area (Å²) in [6.45, 7) is 5.64. The molecule has 29 heavy (non-hydrogen) atoms. The van der Waals surface area contributed by atoms with Gasteiger partial charge in [0.2, 0.25) is 5.91 Å². The van der Waals surface area contributed by atoms with Gasteiger partial charge >= 0.3 is 5.69 Å². The summed E-state index contributed by atoms with van der Waals surface area (Å²) in [5.41, 5.74) is 1.77. The molecule has 3 rings (SSSR count). The molecule has 0 radical (unpaired) electrons. The third-order valence-electron chi connectivity index (χ3n) is 4.57. The van der Waals surface area contributed by atoms with Gasteiger partial charge in [0.15, 0.2) is 5.82 Å². The summed E-state index contributed by atoms with van der Waals surface area (Å²) in [4.78, 5) is 23.3. The lowest BCUT2D eigenvalue weighted by molar-refractivity contribution is -0.386. The molecule has 1 atom stereocenters. The summed E-state index contributed by atoms with van der Waals surface area (Å²) in [5.74, 6) is -0.520. The minimum atomic E-state index is -0.497. The highest BCUT2D eigenvalue weighted by Gasteiger charge is 2.24. The number of carbonyl (C=O) groups excluding carboxylic acids is 1. The molecule has 2 heterocycles. The van der Waals surface area contributed by atoms with Gasteiger partial charge in [0.25, 0.3) is 0 Å². The van der Waals surface area contributed by atoms with Crippen LogP contribution in [0.1, 0.15) is 23.9 Å². The molecule has 0 aliphatic carbocycles. The summed E-state index contributed by atoms with van der Waals surface area (Å²) < 4.78 is 3.13. The van der Waals surface area contributed by atoms with Crippen LogP contribution < -0.4 is 5.32 Å². The van der Waals surface area contributed by atoms with Crippen LogP contribution >= 0.6 is 11.6 Å². The van der Waals surface area contributed by atoms with Crippen LogP contribution in [0.25, 0.3) is 0 Å². The molecule has 1 amide bonds. The maximum Gasteiger partial charge on any atom is 0.312 e. The molecule has 9 nitrogen and oxygen atoms in total. The minimum Gasteiger partial charge on any atom is -0.308 e. The number of amides is 1. The Morgan fingerprint density at radius 2 is 1.97 bits per heavy atom. The standard InChI is InChI=1S/C19H21ClN6O3/c1-12(9-25-14(3)17(26(28)29)13(2)22-25)19(27)21-18-16(20)11-24(23-18)10-15-7-5-4-6-8-15/h4-8,11-12H,9-10H2,1-3H3,(H,21,23,27). The largest absolute Gasteiger partial charge is 0.312 e. The molecule has 152 valence electrons. The van der Waals surface area contributed by atoms with Gasteiger partial charge in [-0.25, -0.2) is 0 Å². The van der Waals surface area contributed by atoms with Crippen molar-refractivity contribution in [1.82, 2.24) is 19.6 Å². The Morgan fingerprint density at radius 3 is 2.59 bits per heavy atom. The van der Waals surface area contributed by atoms with E-state index in [4.69, 9.17) is 11.6 Å². The molecule has 0 aliphatic heterocycles. The summed E-state index contributed by atoms with van der Waals surface area (Å²) in [5, 5.41) is 22.7.